The topological polar surface area (TPSA) is 213 Å². The molecule has 1 atom stereocenters. The Labute approximate surface area is 470 Å². The number of hydrogen-bond donors (Lipinski definition) is 5. The number of amides is 2. The smallest absolute Gasteiger partial charge is 0.339 e. The van der Waals surface area contributed by atoms with Gasteiger partial charge in [-0.1, -0.05) is 110 Å². The highest BCUT2D eigenvalue weighted by Crippen LogP contribution is 2.39. The van der Waals surface area contributed by atoms with Gasteiger partial charge in [0.1, 0.15) is 34.2 Å². The Morgan fingerprint density at radius 2 is 1.43 bits per heavy atom. The normalized spacial score (nSPS) is 16.2. The van der Waals surface area contributed by atoms with Crippen LogP contribution in [0.15, 0.2) is 149 Å². The first-order valence-electron chi connectivity index (χ1n) is 26.8. The Balaban J connectivity index is 0.000000126. The summed E-state index contributed by atoms with van der Waals surface area (Å²) in [6.45, 7) is 3.81. The number of carboxylic acids is 2. The monoisotopic (exact) mass is 1110 g/mol. The highest BCUT2D eigenvalue weighted by molar-refractivity contribution is 7.10. The number of aromatic nitrogens is 3. The number of rotatable bonds is 8. The zero-order chi connectivity index (χ0) is 55.7. The van der Waals surface area contributed by atoms with Gasteiger partial charge >= 0.3 is 11.9 Å². The molecule has 80 heavy (non-hydrogen) atoms. The number of carbonyl (C=O) groups is 4. The lowest BCUT2D eigenvalue weighted by Crippen LogP contribution is -2.56. The van der Waals surface area contributed by atoms with Crippen molar-refractivity contribution in [3.05, 3.63) is 182 Å². The number of para-hydroxylation sites is 2. The SMILES string of the molecule is CN1CCCN=C1/C=C/c1cccs1.O=C(C1CCCCC1)N1CC(=O)N2CCc3ccccc3C2C1.O=C(O)c1cc2ccccc2c(Cc2c(O)c(C(=O)O)cc3ccccc23)c1O.c1ccc2[nH]c(-c3cscn3)nc2c1. The summed E-state index contributed by atoms with van der Waals surface area (Å²) in [6.07, 6.45) is 11.8. The van der Waals surface area contributed by atoms with E-state index >= 15 is 0 Å². The second kappa shape index (κ2) is 25.0. The van der Waals surface area contributed by atoms with E-state index < -0.39 is 23.4 Å². The molecule has 15 nitrogen and oxygen atoms in total. The first kappa shape index (κ1) is 54.7. The molecule has 0 radical (unpaired) electrons. The molecular weight excluding hydrogens is 1050 g/mol. The number of carboxylic acid groups (broad SMARTS) is 2. The van der Waals surface area contributed by atoms with E-state index in [-0.39, 0.29) is 47.9 Å². The van der Waals surface area contributed by atoms with Crippen LogP contribution in [-0.2, 0) is 22.4 Å². The fourth-order valence-corrected chi connectivity index (χ4v) is 12.2. The van der Waals surface area contributed by atoms with E-state index in [9.17, 15) is 39.6 Å². The Morgan fingerprint density at radius 1 is 0.762 bits per heavy atom. The van der Waals surface area contributed by atoms with Crippen LogP contribution in [0.25, 0.3) is 50.2 Å². The minimum absolute atomic E-state index is 0.0407. The molecule has 13 rings (SSSR count). The van der Waals surface area contributed by atoms with Crippen molar-refractivity contribution in [2.75, 3.05) is 39.8 Å². The van der Waals surface area contributed by atoms with E-state index in [0.717, 1.165) is 80.1 Å². The van der Waals surface area contributed by atoms with Gasteiger partial charge in [0.15, 0.2) is 5.82 Å². The number of imidazole rings is 1. The molecule has 3 aromatic heterocycles. The molecule has 6 heterocycles. The Hall–Kier alpha value is -8.67. The Kier molecular flexibility index (Phi) is 17.1. The van der Waals surface area contributed by atoms with E-state index in [2.05, 4.69) is 79.8 Å². The van der Waals surface area contributed by atoms with E-state index in [1.54, 1.807) is 71.2 Å². The molecule has 0 spiro atoms. The number of carbonyl (C=O) groups excluding carboxylic acids is 2. The van der Waals surface area contributed by atoms with Crippen LogP contribution in [-0.4, -0.2) is 119 Å². The summed E-state index contributed by atoms with van der Waals surface area (Å²) < 4.78 is 0. The summed E-state index contributed by atoms with van der Waals surface area (Å²) in [5.74, 6) is -0.953. The number of aromatic carboxylic acids is 2. The lowest BCUT2D eigenvalue weighted by Gasteiger charge is -2.45. The zero-order valence-corrected chi connectivity index (χ0v) is 45.8. The van der Waals surface area contributed by atoms with Crippen molar-refractivity contribution in [2.45, 2.75) is 57.4 Å². The number of likely N-dealkylation sites (N-methyl/N-ethyl adjacent to an activating group) is 1. The molecule has 1 saturated carbocycles. The van der Waals surface area contributed by atoms with E-state index in [1.807, 2.05) is 51.0 Å². The van der Waals surface area contributed by atoms with Crippen LogP contribution in [0.2, 0.25) is 0 Å². The van der Waals surface area contributed by atoms with Crippen LogP contribution in [0.3, 0.4) is 0 Å². The van der Waals surface area contributed by atoms with Gasteiger partial charge < -0.3 is 40.1 Å². The quantitative estimate of drug-likeness (QED) is 0.0965. The molecule has 1 unspecified atom stereocenters. The Bertz CT molecular complexity index is 3620. The van der Waals surface area contributed by atoms with Crippen LogP contribution in [0, 0.1) is 5.92 Å². The summed E-state index contributed by atoms with van der Waals surface area (Å²) in [5.41, 5.74) is 7.42. The van der Waals surface area contributed by atoms with Crippen molar-refractivity contribution >= 4 is 90.9 Å². The maximum absolute atomic E-state index is 12.8. The molecule has 17 heteroatoms. The molecule has 408 valence electrons. The number of phenols is 2. The first-order valence-corrected chi connectivity index (χ1v) is 28.6. The fourth-order valence-electron chi connectivity index (χ4n) is 11.0. The zero-order valence-electron chi connectivity index (χ0n) is 44.2. The highest BCUT2D eigenvalue weighted by Gasteiger charge is 2.40. The third-order valence-corrected chi connectivity index (χ3v) is 16.5. The van der Waals surface area contributed by atoms with Gasteiger partial charge in [0.05, 0.1) is 29.1 Å². The van der Waals surface area contributed by atoms with Gasteiger partial charge in [-0.15, -0.1) is 22.7 Å². The van der Waals surface area contributed by atoms with Gasteiger partial charge in [0.25, 0.3) is 0 Å². The number of aliphatic imine (C=N–C) groups is 1. The highest BCUT2D eigenvalue weighted by atomic mass is 32.1. The molecule has 4 aliphatic rings. The van der Waals surface area contributed by atoms with Crippen LogP contribution in [0.4, 0.5) is 0 Å². The van der Waals surface area contributed by atoms with Crippen molar-refractivity contribution in [1.82, 2.24) is 29.7 Å². The number of fused-ring (bicyclic) bond motifs is 6. The molecule has 2 amide bonds. The standard InChI is InChI=1S/C23H16O6.C19H24N2O2.C11H14N2S.C10H7N3S/c24-20-16(14-7-3-1-5-12(14)9-18(20)22(26)27)11-17-15-8-4-2-6-13(15)10-19(21(17)25)23(28)29;22-18-13-20(19(23)15-7-2-1-3-8-15)12-17-16-9-5-4-6-14(16)10-11-21(17)18;1-13-8-3-7-12-11(13)6-5-10-4-2-9-14-10;1-2-4-8-7(3-1)12-10(13-8)9-5-14-6-11-9/h1-10,24-25H,11H2,(H,26,27)(H,28,29);4-6,9,15,17H,1-3,7-8,10-13H2;2,4-6,9H,3,7-8H2,1H3;1-6H,(H,12,13)/b;;6-5+;. The van der Waals surface area contributed by atoms with Crippen molar-refractivity contribution in [3.8, 4) is 23.0 Å². The van der Waals surface area contributed by atoms with Gasteiger partial charge in [0, 0.05) is 66.9 Å². The van der Waals surface area contributed by atoms with Gasteiger partial charge in [-0.3, -0.25) is 14.6 Å². The number of amidine groups is 1. The largest absolute Gasteiger partial charge is 0.507 e. The lowest BCUT2D eigenvalue weighted by atomic mass is 9.87. The molecule has 0 bridgehead atoms. The molecule has 1 saturated heterocycles. The van der Waals surface area contributed by atoms with Crippen LogP contribution in [0.5, 0.6) is 11.5 Å². The molecule has 1 aliphatic carbocycles. The summed E-state index contributed by atoms with van der Waals surface area (Å²) in [4.78, 5) is 72.3. The van der Waals surface area contributed by atoms with Crippen LogP contribution >= 0.6 is 22.7 Å². The van der Waals surface area contributed by atoms with Crippen molar-refractivity contribution < 1.29 is 39.6 Å². The number of piperazine rings is 1. The number of thiophene rings is 1. The van der Waals surface area contributed by atoms with E-state index in [1.165, 1.54) is 41.0 Å². The van der Waals surface area contributed by atoms with Crippen molar-refractivity contribution in [1.29, 1.82) is 0 Å². The number of hydrogen-bond acceptors (Lipinski definition) is 12. The van der Waals surface area contributed by atoms with Gasteiger partial charge in [-0.05, 0) is 106 Å². The third kappa shape index (κ3) is 12.3. The summed E-state index contributed by atoms with van der Waals surface area (Å²) in [7, 11) is 2.09. The van der Waals surface area contributed by atoms with Crippen LogP contribution in [0.1, 0.15) is 92.4 Å². The maximum Gasteiger partial charge on any atom is 0.339 e. The van der Waals surface area contributed by atoms with Crippen LogP contribution < -0.4 is 0 Å². The average molecular weight is 1110 g/mol. The molecule has 9 aromatic rings. The Morgan fingerprint density at radius 3 is 2.06 bits per heavy atom. The maximum atomic E-state index is 12.8. The van der Waals surface area contributed by atoms with Crippen molar-refractivity contribution in [2.24, 2.45) is 10.9 Å². The van der Waals surface area contributed by atoms with Gasteiger partial charge in [-0.25, -0.2) is 19.6 Å². The van der Waals surface area contributed by atoms with E-state index in [4.69, 9.17) is 0 Å². The molecule has 3 aliphatic heterocycles. The third-order valence-electron chi connectivity index (χ3n) is 15.1. The summed E-state index contributed by atoms with van der Waals surface area (Å²) in [6, 6.07) is 37.3. The number of nitrogens with one attached hydrogen (secondary N) is 1. The predicted molar refractivity (Wildman–Crippen MR) is 316 cm³/mol. The summed E-state index contributed by atoms with van der Waals surface area (Å²) >= 11 is 3.33. The number of benzene rings is 6. The minimum Gasteiger partial charge on any atom is -0.507 e. The molecule has 6 aromatic carbocycles. The lowest BCUT2D eigenvalue weighted by molar-refractivity contribution is -0.152. The fraction of sp³-hybridized carbons (Fsp3) is 0.254. The molecule has 2 fully saturated rings. The molecular formula is C63H61N7O8S2. The number of H-pyrrole nitrogens is 1. The predicted octanol–water partition coefficient (Wildman–Crippen LogP) is 12.1. The number of nitrogens with zero attached hydrogens (tertiary/aromatic N) is 6. The number of aromatic amines is 1. The number of thiazole rings is 1. The minimum atomic E-state index is -1.28. The second-order valence-electron chi connectivity index (χ2n) is 20.2. The average Bonchev–Trinajstić information content (AvgIpc) is 4.43. The summed E-state index contributed by atoms with van der Waals surface area (Å²) in [5, 5.41) is 46.9. The first-order chi connectivity index (χ1) is 38.9. The van der Waals surface area contributed by atoms with Gasteiger partial charge in [-0.2, -0.15) is 0 Å². The van der Waals surface area contributed by atoms with Crippen molar-refractivity contribution in [3.63, 3.8) is 0 Å². The second-order valence-corrected chi connectivity index (χ2v) is 21.9. The van der Waals surface area contributed by atoms with Gasteiger partial charge in [0.2, 0.25) is 11.8 Å². The molecule has 5 N–H and O–H groups in total. The number of aromatic hydroxyl groups is 2. The van der Waals surface area contributed by atoms with E-state index in [0.29, 0.717) is 39.2 Å².